The van der Waals surface area contributed by atoms with Crippen LogP contribution in [0.15, 0.2) is 24.3 Å². The Morgan fingerprint density at radius 2 is 2.05 bits per heavy atom. The van der Waals surface area contributed by atoms with E-state index in [0.29, 0.717) is 13.2 Å². The molecule has 106 valence electrons. The Kier molecular flexibility index (Phi) is 5.63. The molecule has 4 heteroatoms. The summed E-state index contributed by atoms with van der Waals surface area (Å²) in [6.45, 7) is 3.51. The molecule has 2 unspecified atom stereocenters. The number of benzene rings is 1. The van der Waals surface area contributed by atoms with Crippen LogP contribution in [0.3, 0.4) is 0 Å². The van der Waals surface area contributed by atoms with Gasteiger partial charge < -0.3 is 19.3 Å². The molecule has 2 atom stereocenters. The van der Waals surface area contributed by atoms with Gasteiger partial charge in [0.1, 0.15) is 5.75 Å². The van der Waals surface area contributed by atoms with Gasteiger partial charge in [0.2, 0.25) is 0 Å². The molecule has 1 saturated heterocycles. The first-order valence-corrected chi connectivity index (χ1v) is 6.94. The van der Waals surface area contributed by atoms with Crippen LogP contribution >= 0.6 is 0 Å². The predicted molar refractivity (Wildman–Crippen MR) is 72.1 cm³/mol. The minimum atomic E-state index is -0.269. The summed E-state index contributed by atoms with van der Waals surface area (Å²) in [6, 6.07) is 7.83. The van der Waals surface area contributed by atoms with Gasteiger partial charge in [-0.15, -0.1) is 0 Å². The van der Waals surface area contributed by atoms with Crippen molar-refractivity contribution in [3.8, 4) is 5.75 Å². The Bertz CT molecular complexity index is 363. The van der Waals surface area contributed by atoms with Crippen LogP contribution in [0.4, 0.5) is 0 Å². The number of hydrogen-bond donors (Lipinski definition) is 1. The van der Waals surface area contributed by atoms with Gasteiger partial charge >= 0.3 is 0 Å². The van der Waals surface area contributed by atoms with Crippen molar-refractivity contribution in [2.75, 3.05) is 19.8 Å². The Morgan fingerprint density at radius 3 is 2.74 bits per heavy atom. The average Bonchev–Trinajstić information content (AvgIpc) is 2.89. The SMILES string of the molecule is CCOc1ccc(C2OCC(CCCCO)O2)cc1. The highest BCUT2D eigenvalue weighted by atomic mass is 16.7. The van der Waals surface area contributed by atoms with Crippen LogP contribution in [-0.2, 0) is 9.47 Å². The van der Waals surface area contributed by atoms with E-state index in [9.17, 15) is 0 Å². The Morgan fingerprint density at radius 1 is 1.26 bits per heavy atom. The average molecular weight is 266 g/mol. The monoisotopic (exact) mass is 266 g/mol. The molecule has 1 aliphatic heterocycles. The normalized spacial score (nSPS) is 22.6. The maximum atomic E-state index is 8.76. The Labute approximate surface area is 114 Å². The van der Waals surface area contributed by atoms with Crippen LogP contribution in [-0.4, -0.2) is 31.0 Å². The second-order valence-corrected chi connectivity index (χ2v) is 4.64. The molecule has 1 aromatic carbocycles. The summed E-state index contributed by atoms with van der Waals surface area (Å²) >= 11 is 0. The van der Waals surface area contributed by atoms with E-state index in [4.69, 9.17) is 19.3 Å². The largest absolute Gasteiger partial charge is 0.494 e. The summed E-state index contributed by atoms with van der Waals surface area (Å²) in [6.07, 6.45) is 2.61. The lowest BCUT2D eigenvalue weighted by molar-refractivity contribution is -0.0614. The fraction of sp³-hybridized carbons (Fsp3) is 0.600. The summed E-state index contributed by atoms with van der Waals surface area (Å²) in [5.41, 5.74) is 1.02. The lowest BCUT2D eigenvalue weighted by atomic mass is 10.2. The van der Waals surface area contributed by atoms with Crippen LogP contribution in [0, 0.1) is 0 Å². The molecule has 0 aromatic heterocycles. The van der Waals surface area contributed by atoms with Gasteiger partial charge in [-0.25, -0.2) is 0 Å². The lowest BCUT2D eigenvalue weighted by Crippen LogP contribution is -2.09. The van der Waals surface area contributed by atoms with Gasteiger partial charge in [0.15, 0.2) is 6.29 Å². The van der Waals surface area contributed by atoms with Crippen molar-refractivity contribution in [1.29, 1.82) is 0 Å². The third-order valence-corrected chi connectivity index (χ3v) is 3.15. The highest BCUT2D eigenvalue weighted by Gasteiger charge is 2.26. The summed E-state index contributed by atoms with van der Waals surface area (Å²) < 4.78 is 16.9. The smallest absolute Gasteiger partial charge is 0.184 e. The number of hydrogen-bond acceptors (Lipinski definition) is 4. The van der Waals surface area contributed by atoms with E-state index in [1.54, 1.807) is 0 Å². The highest BCUT2D eigenvalue weighted by molar-refractivity contribution is 5.28. The maximum Gasteiger partial charge on any atom is 0.184 e. The van der Waals surface area contributed by atoms with Crippen molar-refractivity contribution in [2.45, 2.75) is 38.6 Å². The van der Waals surface area contributed by atoms with Gasteiger partial charge in [-0.05, 0) is 38.3 Å². The molecular formula is C15H22O4. The summed E-state index contributed by atoms with van der Waals surface area (Å²) in [5, 5.41) is 8.76. The van der Waals surface area contributed by atoms with Crippen molar-refractivity contribution in [1.82, 2.24) is 0 Å². The van der Waals surface area contributed by atoms with Crippen LogP contribution in [0.25, 0.3) is 0 Å². The van der Waals surface area contributed by atoms with E-state index < -0.39 is 0 Å². The minimum absolute atomic E-state index is 0.142. The number of aliphatic hydroxyl groups excluding tert-OH is 1. The zero-order valence-electron chi connectivity index (χ0n) is 11.4. The van der Waals surface area contributed by atoms with Crippen molar-refractivity contribution >= 4 is 0 Å². The first-order chi connectivity index (χ1) is 9.33. The molecular weight excluding hydrogens is 244 g/mol. The zero-order valence-corrected chi connectivity index (χ0v) is 11.4. The Balaban J connectivity index is 1.82. The molecule has 0 saturated carbocycles. The number of ether oxygens (including phenoxy) is 3. The van der Waals surface area contributed by atoms with Crippen molar-refractivity contribution in [3.63, 3.8) is 0 Å². The molecule has 1 heterocycles. The van der Waals surface area contributed by atoms with Crippen LogP contribution < -0.4 is 4.74 Å². The molecule has 19 heavy (non-hydrogen) atoms. The molecule has 1 aliphatic rings. The molecule has 1 N–H and O–H groups in total. The fourth-order valence-corrected chi connectivity index (χ4v) is 2.15. The molecule has 0 spiro atoms. The molecule has 0 aliphatic carbocycles. The van der Waals surface area contributed by atoms with Gasteiger partial charge in [-0.1, -0.05) is 12.1 Å². The van der Waals surface area contributed by atoms with Gasteiger partial charge in [-0.3, -0.25) is 0 Å². The first kappa shape index (κ1) is 14.3. The first-order valence-electron chi connectivity index (χ1n) is 6.94. The highest BCUT2D eigenvalue weighted by Crippen LogP contribution is 2.29. The van der Waals surface area contributed by atoms with Gasteiger partial charge in [-0.2, -0.15) is 0 Å². The molecule has 2 rings (SSSR count). The molecule has 0 radical (unpaired) electrons. The van der Waals surface area contributed by atoms with Crippen molar-refractivity contribution in [2.24, 2.45) is 0 Å². The molecule has 1 fully saturated rings. The number of rotatable bonds is 7. The summed E-state index contributed by atoms with van der Waals surface area (Å²) in [4.78, 5) is 0. The van der Waals surface area contributed by atoms with Crippen LogP contribution in [0.5, 0.6) is 5.75 Å². The quantitative estimate of drug-likeness (QED) is 0.771. The van der Waals surface area contributed by atoms with E-state index in [0.717, 1.165) is 30.6 Å². The second-order valence-electron chi connectivity index (χ2n) is 4.64. The van der Waals surface area contributed by atoms with E-state index in [1.807, 2.05) is 31.2 Å². The van der Waals surface area contributed by atoms with E-state index in [2.05, 4.69) is 0 Å². The summed E-state index contributed by atoms with van der Waals surface area (Å²) in [7, 11) is 0. The number of aliphatic hydroxyl groups is 1. The zero-order chi connectivity index (χ0) is 13.5. The Hall–Kier alpha value is -1.10. The van der Waals surface area contributed by atoms with Gasteiger partial charge in [0, 0.05) is 12.2 Å². The minimum Gasteiger partial charge on any atom is -0.494 e. The van der Waals surface area contributed by atoms with Gasteiger partial charge in [0.05, 0.1) is 19.3 Å². The predicted octanol–water partition coefficient (Wildman–Crippen LogP) is 2.66. The van der Waals surface area contributed by atoms with Crippen LogP contribution in [0.1, 0.15) is 38.0 Å². The molecule has 1 aromatic rings. The van der Waals surface area contributed by atoms with E-state index >= 15 is 0 Å². The van der Waals surface area contributed by atoms with Crippen LogP contribution in [0.2, 0.25) is 0 Å². The fourth-order valence-electron chi connectivity index (χ4n) is 2.15. The van der Waals surface area contributed by atoms with E-state index in [-0.39, 0.29) is 19.0 Å². The third-order valence-electron chi connectivity index (χ3n) is 3.15. The molecule has 0 bridgehead atoms. The summed E-state index contributed by atoms with van der Waals surface area (Å²) in [5.74, 6) is 0.865. The maximum absolute atomic E-state index is 8.76. The van der Waals surface area contributed by atoms with Gasteiger partial charge in [0.25, 0.3) is 0 Å². The van der Waals surface area contributed by atoms with Crippen molar-refractivity contribution < 1.29 is 19.3 Å². The molecule has 0 amide bonds. The second kappa shape index (κ2) is 7.48. The third kappa shape index (κ3) is 4.20. The van der Waals surface area contributed by atoms with E-state index in [1.165, 1.54) is 0 Å². The van der Waals surface area contributed by atoms with Crippen molar-refractivity contribution in [3.05, 3.63) is 29.8 Å². The lowest BCUT2D eigenvalue weighted by Gasteiger charge is -2.12. The number of unbranched alkanes of at least 4 members (excludes halogenated alkanes) is 1. The standard InChI is InChI=1S/C15H22O4/c1-2-17-13-8-6-12(7-9-13)15-18-11-14(19-15)5-3-4-10-16/h6-9,14-16H,2-5,10-11H2,1H3. The molecule has 4 nitrogen and oxygen atoms in total. The topological polar surface area (TPSA) is 47.9 Å².